The Morgan fingerprint density at radius 2 is 1.75 bits per heavy atom. The third-order valence-electron chi connectivity index (χ3n) is 6.89. The van der Waals surface area contributed by atoms with Crippen molar-refractivity contribution in [3.05, 3.63) is 54.1 Å². The first-order valence-electron chi connectivity index (χ1n) is 11.3. The van der Waals surface area contributed by atoms with E-state index in [9.17, 15) is 13.2 Å². The maximum Gasteiger partial charge on any atom is 0.261 e. The molecule has 2 atom stereocenters. The summed E-state index contributed by atoms with van der Waals surface area (Å²) in [5.41, 5.74) is 0.809. The van der Waals surface area contributed by atoms with Gasteiger partial charge in [-0.15, -0.1) is 0 Å². The van der Waals surface area contributed by atoms with Crippen LogP contribution in [0.5, 0.6) is 11.5 Å². The molecular weight excluding hydrogens is 426 g/mol. The monoisotopic (exact) mass is 455 g/mol. The Morgan fingerprint density at radius 3 is 2.44 bits per heavy atom. The molecule has 32 heavy (non-hydrogen) atoms. The maximum atomic E-state index is 13.1. The van der Waals surface area contributed by atoms with Crippen LogP contribution in [0.25, 0.3) is 0 Å². The second-order valence-electron chi connectivity index (χ2n) is 9.71. The van der Waals surface area contributed by atoms with Crippen molar-refractivity contribution in [3.8, 4) is 11.5 Å². The standard InChI is InChI=1S/C25H29NO5S/c1-25(2)15-17-7-6-10-22(24(17)31-25)30-16-23(27)26-18-11-12-19(26)14-21(13-18)32(28,29)20-8-4-3-5-9-20/h3-10,18-19,21H,11-16H2,1-2H3. The molecule has 2 fully saturated rings. The number of carbonyl (C=O) groups excluding carboxylic acids is 1. The van der Waals surface area contributed by atoms with Gasteiger partial charge in [0.1, 0.15) is 5.60 Å². The Labute approximate surface area is 189 Å². The summed E-state index contributed by atoms with van der Waals surface area (Å²) >= 11 is 0. The van der Waals surface area contributed by atoms with Crippen LogP contribution >= 0.6 is 0 Å². The SMILES string of the molecule is CC1(C)Cc2cccc(OCC(=O)N3C4CCC3CC(S(=O)(=O)c3ccccc3)C4)c2O1. The van der Waals surface area contributed by atoms with E-state index in [0.717, 1.165) is 30.6 Å². The Hall–Kier alpha value is -2.54. The first kappa shape index (κ1) is 21.3. The summed E-state index contributed by atoms with van der Waals surface area (Å²) in [4.78, 5) is 15.3. The van der Waals surface area contributed by atoms with Crippen LogP contribution < -0.4 is 9.47 Å². The lowest BCUT2D eigenvalue weighted by Gasteiger charge is -2.38. The molecule has 0 aliphatic carbocycles. The smallest absolute Gasteiger partial charge is 0.261 e. The molecule has 2 saturated heterocycles. The number of piperidine rings is 1. The van der Waals surface area contributed by atoms with Gasteiger partial charge in [-0.2, -0.15) is 0 Å². The summed E-state index contributed by atoms with van der Waals surface area (Å²) in [7, 11) is -3.40. The molecule has 0 spiro atoms. The van der Waals surface area contributed by atoms with Gasteiger partial charge >= 0.3 is 0 Å². The van der Waals surface area contributed by atoms with Crippen LogP contribution in [0.3, 0.4) is 0 Å². The molecule has 0 radical (unpaired) electrons. The number of para-hydroxylation sites is 1. The van der Waals surface area contributed by atoms with Crippen LogP contribution in [0.15, 0.2) is 53.4 Å². The van der Waals surface area contributed by atoms with Crippen molar-refractivity contribution in [1.29, 1.82) is 0 Å². The van der Waals surface area contributed by atoms with Gasteiger partial charge in [0.15, 0.2) is 27.9 Å². The van der Waals surface area contributed by atoms with Crippen molar-refractivity contribution in [2.75, 3.05) is 6.61 Å². The zero-order valence-electron chi connectivity index (χ0n) is 18.5. The fraction of sp³-hybridized carbons (Fsp3) is 0.480. The third kappa shape index (κ3) is 3.76. The van der Waals surface area contributed by atoms with Crippen molar-refractivity contribution in [2.45, 2.75) is 73.8 Å². The highest BCUT2D eigenvalue weighted by Crippen LogP contribution is 2.43. The third-order valence-corrected chi connectivity index (χ3v) is 9.09. The number of hydrogen-bond acceptors (Lipinski definition) is 5. The molecule has 2 bridgehead atoms. The van der Waals surface area contributed by atoms with Gasteiger partial charge in [0.2, 0.25) is 0 Å². The summed E-state index contributed by atoms with van der Waals surface area (Å²) in [5, 5.41) is -0.444. The Morgan fingerprint density at radius 1 is 1.06 bits per heavy atom. The molecule has 3 aliphatic rings. The van der Waals surface area contributed by atoms with Gasteiger partial charge in [0.25, 0.3) is 5.91 Å². The number of carbonyl (C=O) groups is 1. The van der Waals surface area contributed by atoms with Gasteiger partial charge < -0.3 is 14.4 Å². The zero-order valence-corrected chi connectivity index (χ0v) is 19.3. The summed E-state index contributed by atoms with van der Waals surface area (Å²) in [6, 6.07) is 14.3. The number of rotatable bonds is 5. The summed E-state index contributed by atoms with van der Waals surface area (Å²) < 4.78 is 38.2. The molecular formula is C25H29NO5S. The van der Waals surface area contributed by atoms with Crippen molar-refractivity contribution in [1.82, 2.24) is 4.90 Å². The van der Waals surface area contributed by atoms with Crippen molar-refractivity contribution in [3.63, 3.8) is 0 Å². The molecule has 3 heterocycles. The summed E-state index contributed by atoms with van der Waals surface area (Å²) in [6.45, 7) is 4.00. The molecule has 1 amide bonds. The second-order valence-corrected chi connectivity index (χ2v) is 11.9. The van der Waals surface area contributed by atoms with Crippen LogP contribution in [0.4, 0.5) is 0 Å². The number of fused-ring (bicyclic) bond motifs is 3. The minimum absolute atomic E-state index is 0.0509. The predicted molar refractivity (Wildman–Crippen MR) is 121 cm³/mol. The normalized spacial score (nSPS) is 25.8. The van der Waals surface area contributed by atoms with E-state index in [1.165, 1.54) is 0 Å². The Kier molecular flexibility index (Phi) is 5.19. The van der Waals surface area contributed by atoms with E-state index in [1.807, 2.05) is 43.0 Å². The summed E-state index contributed by atoms with van der Waals surface area (Å²) in [5.74, 6) is 1.24. The first-order valence-corrected chi connectivity index (χ1v) is 12.8. The Bertz CT molecular complexity index is 1110. The average Bonchev–Trinajstić information content (AvgIpc) is 3.23. The largest absolute Gasteiger partial charge is 0.483 e. The lowest BCUT2D eigenvalue weighted by molar-refractivity contribution is -0.137. The van der Waals surface area contributed by atoms with E-state index >= 15 is 0 Å². The number of sulfone groups is 1. The van der Waals surface area contributed by atoms with Gasteiger partial charge in [0, 0.05) is 24.1 Å². The van der Waals surface area contributed by atoms with Gasteiger partial charge in [0.05, 0.1) is 10.1 Å². The average molecular weight is 456 g/mol. The maximum absolute atomic E-state index is 13.1. The van der Waals surface area contributed by atoms with E-state index < -0.39 is 15.1 Å². The van der Waals surface area contributed by atoms with Gasteiger partial charge in [-0.05, 0) is 57.7 Å². The Balaban J connectivity index is 1.26. The van der Waals surface area contributed by atoms with E-state index in [4.69, 9.17) is 9.47 Å². The molecule has 7 heteroatoms. The molecule has 2 aromatic rings. The minimum Gasteiger partial charge on any atom is -0.483 e. The fourth-order valence-electron chi connectivity index (χ4n) is 5.51. The molecule has 0 N–H and O–H groups in total. The lowest BCUT2D eigenvalue weighted by atomic mass is 10.0. The molecule has 0 aromatic heterocycles. The number of ether oxygens (including phenoxy) is 2. The van der Waals surface area contributed by atoms with Gasteiger partial charge in [-0.25, -0.2) is 8.42 Å². The van der Waals surface area contributed by atoms with E-state index in [-0.39, 0.29) is 30.2 Å². The van der Waals surface area contributed by atoms with Crippen LogP contribution in [-0.2, 0) is 21.1 Å². The van der Waals surface area contributed by atoms with Crippen LogP contribution in [0.1, 0.15) is 45.1 Å². The van der Waals surface area contributed by atoms with Crippen molar-refractivity contribution >= 4 is 15.7 Å². The van der Waals surface area contributed by atoms with E-state index in [1.54, 1.807) is 24.3 Å². The highest BCUT2D eigenvalue weighted by Gasteiger charge is 2.47. The van der Waals surface area contributed by atoms with Crippen LogP contribution in [0, 0.1) is 0 Å². The summed E-state index contributed by atoms with van der Waals surface area (Å²) in [6.07, 6.45) is 3.46. The number of hydrogen-bond donors (Lipinski definition) is 0. The number of amides is 1. The molecule has 3 aliphatic heterocycles. The molecule has 0 saturated carbocycles. The zero-order chi connectivity index (χ0) is 22.5. The highest BCUT2D eigenvalue weighted by molar-refractivity contribution is 7.92. The van der Waals surface area contributed by atoms with E-state index in [0.29, 0.717) is 23.5 Å². The highest BCUT2D eigenvalue weighted by atomic mass is 32.2. The lowest BCUT2D eigenvalue weighted by Crippen LogP contribution is -2.51. The molecule has 2 aromatic carbocycles. The number of benzene rings is 2. The van der Waals surface area contributed by atoms with Gasteiger partial charge in [-0.1, -0.05) is 30.3 Å². The minimum atomic E-state index is -3.40. The molecule has 170 valence electrons. The van der Waals surface area contributed by atoms with Crippen LogP contribution in [-0.4, -0.2) is 48.8 Å². The number of nitrogens with zero attached hydrogens (tertiary/aromatic N) is 1. The molecule has 2 unspecified atom stereocenters. The van der Waals surface area contributed by atoms with Crippen molar-refractivity contribution < 1.29 is 22.7 Å². The van der Waals surface area contributed by atoms with Crippen molar-refractivity contribution in [2.24, 2.45) is 0 Å². The van der Waals surface area contributed by atoms with Crippen LogP contribution in [0.2, 0.25) is 0 Å². The first-order chi connectivity index (χ1) is 15.2. The van der Waals surface area contributed by atoms with E-state index in [2.05, 4.69) is 0 Å². The predicted octanol–water partition coefficient (Wildman–Crippen LogP) is 3.77. The quantitative estimate of drug-likeness (QED) is 0.686. The topological polar surface area (TPSA) is 72.9 Å². The molecule has 5 rings (SSSR count). The van der Waals surface area contributed by atoms with Gasteiger partial charge in [-0.3, -0.25) is 4.79 Å². The molecule has 6 nitrogen and oxygen atoms in total. The second kappa shape index (κ2) is 7.80. The fourth-order valence-corrected chi connectivity index (χ4v) is 7.38.